The molecule has 1 heterocycles. The minimum absolute atomic E-state index is 0.237. The lowest BCUT2D eigenvalue weighted by Crippen LogP contribution is -2.34. The van der Waals surface area contributed by atoms with Gasteiger partial charge in [-0.3, -0.25) is 9.59 Å². The number of amides is 1. The van der Waals surface area contributed by atoms with Gasteiger partial charge in [0.25, 0.3) is 0 Å². The molecule has 0 saturated carbocycles. The maximum atomic E-state index is 12.8. The highest BCUT2D eigenvalue weighted by Gasteiger charge is 2.35. The second-order valence-corrected chi connectivity index (χ2v) is 7.65. The van der Waals surface area contributed by atoms with Crippen molar-refractivity contribution in [3.8, 4) is 11.1 Å². The van der Waals surface area contributed by atoms with E-state index in [2.05, 4.69) is 5.32 Å². The van der Waals surface area contributed by atoms with Crippen LogP contribution >= 0.6 is 22.9 Å². The Morgan fingerprint density at radius 1 is 1.14 bits per heavy atom. The molecule has 3 rings (SSSR count). The van der Waals surface area contributed by atoms with Gasteiger partial charge in [-0.25, -0.2) is 4.79 Å². The molecular weight excluding hydrogens is 402 g/mol. The van der Waals surface area contributed by atoms with Crippen molar-refractivity contribution < 1.29 is 24.2 Å². The number of hydrogen-bond donors (Lipinski definition) is 2. The second-order valence-electron chi connectivity index (χ2n) is 6.34. The quantitative estimate of drug-likeness (QED) is 0.551. The van der Waals surface area contributed by atoms with Crippen molar-refractivity contribution in [3.05, 3.63) is 52.4 Å². The van der Waals surface area contributed by atoms with E-state index in [0.717, 1.165) is 5.56 Å². The largest absolute Gasteiger partial charge is 0.481 e. The van der Waals surface area contributed by atoms with Crippen LogP contribution in [0.15, 0.2) is 41.8 Å². The van der Waals surface area contributed by atoms with Crippen molar-refractivity contribution in [2.45, 2.75) is 12.8 Å². The highest BCUT2D eigenvalue weighted by molar-refractivity contribution is 7.15. The van der Waals surface area contributed by atoms with E-state index in [9.17, 15) is 19.5 Å². The van der Waals surface area contributed by atoms with Gasteiger partial charge in [0, 0.05) is 16.0 Å². The molecule has 28 heavy (non-hydrogen) atoms. The Hall–Kier alpha value is -2.64. The summed E-state index contributed by atoms with van der Waals surface area (Å²) in [5, 5.41) is 14.8. The first-order valence-corrected chi connectivity index (χ1v) is 9.82. The Kier molecular flexibility index (Phi) is 6.16. The van der Waals surface area contributed by atoms with Gasteiger partial charge in [-0.1, -0.05) is 35.9 Å². The van der Waals surface area contributed by atoms with E-state index in [4.69, 9.17) is 16.3 Å². The van der Waals surface area contributed by atoms with Crippen LogP contribution in [0.5, 0.6) is 0 Å². The summed E-state index contributed by atoms with van der Waals surface area (Å²) in [6.45, 7) is 0. The molecule has 0 radical (unpaired) electrons. The summed E-state index contributed by atoms with van der Waals surface area (Å²) < 4.78 is 4.89. The monoisotopic (exact) mass is 419 g/mol. The number of hydrogen-bond acceptors (Lipinski definition) is 5. The number of esters is 1. The number of benzene rings is 1. The van der Waals surface area contributed by atoms with Crippen molar-refractivity contribution in [1.29, 1.82) is 0 Å². The van der Waals surface area contributed by atoms with Crippen molar-refractivity contribution >= 4 is 45.8 Å². The SMILES string of the molecule is COC(=O)c1c(-c2ccc(Cl)cc2)csc1NC(=O)[C@@H]1CC=CC[C@@H]1C(=O)O. The van der Waals surface area contributed by atoms with E-state index < -0.39 is 29.7 Å². The lowest BCUT2D eigenvalue weighted by Gasteiger charge is -2.24. The van der Waals surface area contributed by atoms with Gasteiger partial charge < -0.3 is 15.2 Å². The molecule has 1 aromatic carbocycles. The summed E-state index contributed by atoms with van der Waals surface area (Å²) in [5.74, 6) is -3.51. The van der Waals surface area contributed by atoms with Gasteiger partial charge in [0.15, 0.2) is 0 Å². The lowest BCUT2D eigenvalue weighted by molar-refractivity contribution is -0.146. The zero-order chi connectivity index (χ0) is 20.3. The van der Waals surface area contributed by atoms with E-state index in [1.807, 2.05) is 0 Å². The van der Waals surface area contributed by atoms with Crippen molar-refractivity contribution in [2.75, 3.05) is 12.4 Å². The van der Waals surface area contributed by atoms with E-state index in [0.29, 0.717) is 28.4 Å². The Bertz CT molecular complexity index is 935. The van der Waals surface area contributed by atoms with Crippen LogP contribution in [0.1, 0.15) is 23.2 Å². The number of carboxylic acid groups (broad SMARTS) is 1. The average molecular weight is 420 g/mol. The molecule has 0 bridgehead atoms. The van der Waals surface area contributed by atoms with E-state index in [1.165, 1.54) is 18.4 Å². The van der Waals surface area contributed by atoms with Crippen LogP contribution in [0.25, 0.3) is 11.1 Å². The van der Waals surface area contributed by atoms with Crippen molar-refractivity contribution in [1.82, 2.24) is 0 Å². The molecule has 2 N–H and O–H groups in total. The minimum atomic E-state index is -1.01. The highest BCUT2D eigenvalue weighted by atomic mass is 35.5. The smallest absolute Gasteiger partial charge is 0.341 e. The lowest BCUT2D eigenvalue weighted by atomic mass is 9.82. The fraction of sp³-hybridized carbons (Fsp3) is 0.250. The molecule has 2 aromatic rings. The molecular formula is C20H18ClNO5S. The third kappa shape index (κ3) is 4.10. The second kappa shape index (κ2) is 8.58. The van der Waals surface area contributed by atoms with Crippen LogP contribution in [0.3, 0.4) is 0 Å². The molecule has 0 spiro atoms. The number of methoxy groups -OCH3 is 1. The average Bonchev–Trinajstić information content (AvgIpc) is 3.11. The summed E-state index contributed by atoms with van der Waals surface area (Å²) >= 11 is 7.12. The molecule has 1 aliphatic rings. The first-order valence-electron chi connectivity index (χ1n) is 8.56. The van der Waals surface area contributed by atoms with Crippen LogP contribution < -0.4 is 5.32 Å². The number of rotatable bonds is 5. The number of ether oxygens (including phenoxy) is 1. The number of aliphatic carboxylic acids is 1. The normalized spacial score (nSPS) is 18.5. The maximum Gasteiger partial charge on any atom is 0.341 e. The predicted molar refractivity (Wildman–Crippen MR) is 108 cm³/mol. The Labute approximate surface area is 170 Å². The number of carboxylic acids is 1. The van der Waals surface area contributed by atoms with Gasteiger partial charge in [-0.15, -0.1) is 11.3 Å². The molecule has 0 fully saturated rings. The van der Waals surface area contributed by atoms with Crippen LogP contribution in [-0.4, -0.2) is 30.1 Å². The fourth-order valence-electron chi connectivity index (χ4n) is 3.18. The molecule has 6 nitrogen and oxygen atoms in total. The summed E-state index contributed by atoms with van der Waals surface area (Å²) in [6, 6.07) is 6.96. The van der Waals surface area contributed by atoms with E-state index in [-0.39, 0.29) is 5.56 Å². The van der Waals surface area contributed by atoms with Gasteiger partial charge in [0.2, 0.25) is 5.91 Å². The van der Waals surface area contributed by atoms with Gasteiger partial charge in [-0.2, -0.15) is 0 Å². The topological polar surface area (TPSA) is 92.7 Å². The first kappa shape index (κ1) is 20.1. The number of thiophene rings is 1. The number of anilines is 1. The summed E-state index contributed by atoms with van der Waals surface area (Å²) in [5.41, 5.74) is 1.61. The van der Waals surface area contributed by atoms with Gasteiger partial charge in [-0.05, 0) is 30.5 Å². The predicted octanol–water partition coefficient (Wildman–Crippen LogP) is 4.46. The highest BCUT2D eigenvalue weighted by Crippen LogP contribution is 2.37. The first-order chi connectivity index (χ1) is 13.4. The number of halogens is 1. The molecule has 2 atom stereocenters. The standard InChI is InChI=1S/C20H18ClNO5S/c1-27-20(26)16-15(11-6-8-12(21)9-7-11)10-28-18(16)22-17(23)13-4-2-3-5-14(13)19(24)25/h2-3,6-10,13-14H,4-5H2,1H3,(H,22,23)(H,24,25)/t13-,14+/m1/s1. The number of carbonyl (C=O) groups excluding carboxylic acids is 2. The van der Waals surface area contributed by atoms with Crippen LogP contribution in [0.2, 0.25) is 5.02 Å². The molecule has 0 aliphatic heterocycles. The summed E-state index contributed by atoms with van der Waals surface area (Å²) in [6.07, 6.45) is 4.22. The van der Waals surface area contributed by atoms with Crippen LogP contribution in [0.4, 0.5) is 5.00 Å². The number of carbonyl (C=O) groups is 3. The third-order valence-corrected chi connectivity index (χ3v) is 5.81. The molecule has 1 aromatic heterocycles. The molecule has 8 heteroatoms. The van der Waals surface area contributed by atoms with E-state index in [1.54, 1.807) is 41.8 Å². The third-order valence-electron chi connectivity index (χ3n) is 4.66. The zero-order valence-electron chi connectivity index (χ0n) is 15.0. The molecule has 146 valence electrons. The van der Waals surface area contributed by atoms with Crippen molar-refractivity contribution in [3.63, 3.8) is 0 Å². The number of nitrogens with one attached hydrogen (secondary N) is 1. The van der Waals surface area contributed by atoms with Crippen LogP contribution in [-0.2, 0) is 14.3 Å². The maximum absolute atomic E-state index is 12.8. The van der Waals surface area contributed by atoms with Gasteiger partial charge >= 0.3 is 11.9 Å². The minimum Gasteiger partial charge on any atom is -0.481 e. The van der Waals surface area contributed by atoms with Crippen molar-refractivity contribution in [2.24, 2.45) is 11.8 Å². The van der Waals surface area contributed by atoms with Gasteiger partial charge in [0.05, 0.1) is 18.9 Å². The Morgan fingerprint density at radius 2 is 1.79 bits per heavy atom. The molecule has 1 amide bonds. The zero-order valence-corrected chi connectivity index (χ0v) is 16.5. The molecule has 0 saturated heterocycles. The van der Waals surface area contributed by atoms with Gasteiger partial charge in [0.1, 0.15) is 10.6 Å². The molecule has 1 aliphatic carbocycles. The summed E-state index contributed by atoms with van der Waals surface area (Å²) in [4.78, 5) is 36.6. The number of allylic oxidation sites excluding steroid dienone is 2. The summed E-state index contributed by atoms with van der Waals surface area (Å²) in [7, 11) is 1.27. The Morgan fingerprint density at radius 3 is 2.39 bits per heavy atom. The van der Waals surface area contributed by atoms with Crippen LogP contribution in [0, 0.1) is 11.8 Å². The Balaban J connectivity index is 1.92. The van der Waals surface area contributed by atoms with E-state index >= 15 is 0 Å². The fourth-order valence-corrected chi connectivity index (χ4v) is 4.26. The molecule has 0 unspecified atom stereocenters.